The summed E-state index contributed by atoms with van der Waals surface area (Å²) in [5.41, 5.74) is 0.0997. The van der Waals surface area contributed by atoms with Crippen molar-refractivity contribution < 1.29 is 18.4 Å². The van der Waals surface area contributed by atoms with Crippen molar-refractivity contribution in [2.75, 3.05) is 31.1 Å². The standard InChI is InChI=1S/C25H26FN5O3/c26-20-5-2-1-4-19(20)25(33)30-13-9-17(10-14-30)21-7-8-22(34-21)24(32)28-18-11-15-31(16-18)23-6-3-12-27-29-23/h1-8,12,17-18H,9-11,13-16H2,(H,28,32). The molecule has 2 aliphatic heterocycles. The number of aromatic nitrogens is 2. The van der Waals surface area contributed by atoms with Gasteiger partial charge in [-0.25, -0.2) is 4.39 Å². The summed E-state index contributed by atoms with van der Waals surface area (Å²) >= 11 is 0. The van der Waals surface area contributed by atoms with Crippen molar-refractivity contribution in [2.45, 2.75) is 31.2 Å². The molecule has 176 valence electrons. The minimum atomic E-state index is -0.501. The van der Waals surface area contributed by atoms with Crippen molar-refractivity contribution in [1.29, 1.82) is 0 Å². The Morgan fingerprint density at radius 3 is 2.59 bits per heavy atom. The number of amides is 2. The van der Waals surface area contributed by atoms with Gasteiger partial charge in [-0.15, -0.1) is 5.10 Å². The molecule has 0 saturated carbocycles. The number of benzene rings is 1. The predicted octanol–water partition coefficient (Wildman–Crippen LogP) is 3.24. The van der Waals surface area contributed by atoms with Crippen LogP contribution < -0.4 is 10.2 Å². The van der Waals surface area contributed by atoms with Gasteiger partial charge in [-0.2, -0.15) is 5.10 Å². The van der Waals surface area contributed by atoms with E-state index < -0.39 is 5.82 Å². The number of carbonyl (C=O) groups excluding carboxylic acids is 2. The summed E-state index contributed by atoms with van der Waals surface area (Å²) in [4.78, 5) is 29.1. The third-order valence-electron chi connectivity index (χ3n) is 6.55. The molecule has 9 heteroatoms. The van der Waals surface area contributed by atoms with Crippen LogP contribution in [0.25, 0.3) is 0 Å². The Morgan fingerprint density at radius 2 is 1.82 bits per heavy atom. The molecule has 1 atom stereocenters. The summed E-state index contributed by atoms with van der Waals surface area (Å²) in [6, 6.07) is 13.4. The van der Waals surface area contributed by atoms with Crippen molar-refractivity contribution in [3.63, 3.8) is 0 Å². The van der Waals surface area contributed by atoms with E-state index in [1.807, 2.05) is 18.2 Å². The Labute approximate surface area is 196 Å². The second-order valence-corrected chi connectivity index (χ2v) is 8.74. The summed E-state index contributed by atoms with van der Waals surface area (Å²) in [6.07, 6.45) is 3.86. The maximum atomic E-state index is 14.0. The molecule has 2 aliphatic rings. The van der Waals surface area contributed by atoms with Crippen LogP contribution in [0, 0.1) is 5.82 Å². The van der Waals surface area contributed by atoms with E-state index in [2.05, 4.69) is 20.4 Å². The molecule has 34 heavy (non-hydrogen) atoms. The van der Waals surface area contributed by atoms with Crippen LogP contribution in [0.15, 0.2) is 59.1 Å². The number of halogens is 1. The molecule has 0 radical (unpaired) electrons. The lowest BCUT2D eigenvalue weighted by molar-refractivity contribution is 0.0702. The number of hydrogen-bond donors (Lipinski definition) is 1. The molecular formula is C25H26FN5O3. The van der Waals surface area contributed by atoms with E-state index in [1.54, 1.807) is 29.3 Å². The summed E-state index contributed by atoms with van der Waals surface area (Å²) < 4.78 is 19.9. The molecular weight excluding hydrogens is 437 g/mol. The fraction of sp³-hybridized carbons (Fsp3) is 0.360. The number of rotatable bonds is 5. The molecule has 3 aromatic rings. The van der Waals surface area contributed by atoms with Crippen molar-refractivity contribution in [3.8, 4) is 0 Å². The number of hydrogen-bond acceptors (Lipinski definition) is 6. The normalized spacial score (nSPS) is 18.8. The Bertz CT molecular complexity index is 1160. The molecule has 1 unspecified atom stereocenters. The zero-order valence-electron chi connectivity index (χ0n) is 18.7. The Balaban J connectivity index is 1.14. The number of anilines is 1. The highest BCUT2D eigenvalue weighted by Crippen LogP contribution is 2.30. The van der Waals surface area contributed by atoms with Crippen LogP contribution in [0.1, 0.15) is 51.9 Å². The van der Waals surface area contributed by atoms with E-state index in [0.717, 1.165) is 24.5 Å². The van der Waals surface area contributed by atoms with Crippen molar-refractivity contribution in [3.05, 3.63) is 77.6 Å². The quantitative estimate of drug-likeness (QED) is 0.625. The largest absolute Gasteiger partial charge is 0.456 e. The molecule has 2 fully saturated rings. The van der Waals surface area contributed by atoms with Crippen LogP contribution in [0.3, 0.4) is 0 Å². The lowest BCUT2D eigenvalue weighted by Gasteiger charge is -2.31. The van der Waals surface area contributed by atoms with E-state index in [1.165, 1.54) is 12.1 Å². The Hall–Kier alpha value is -3.75. The zero-order valence-corrected chi connectivity index (χ0v) is 18.7. The Kier molecular flexibility index (Phi) is 6.24. The van der Waals surface area contributed by atoms with E-state index >= 15 is 0 Å². The summed E-state index contributed by atoms with van der Waals surface area (Å²) in [6.45, 7) is 2.50. The summed E-state index contributed by atoms with van der Waals surface area (Å²) in [5, 5.41) is 11.1. The number of carbonyl (C=O) groups is 2. The molecule has 1 N–H and O–H groups in total. The van der Waals surface area contributed by atoms with Gasteiger partial charge in [0.05, 0.1) is 5.56 Å². The van der Waals surface area contributed by atoms with Crippen LogP contribution in [0.2, 0.25) is 0 Å². The number of piperidine rings is 1. The molecule has 2 saturated heterocycles. The zero-order chi connectivity index (χ0) is 23.5. The van der Waals surface area contributed by atoms with Crippen LogP contribution >= 0.6 is 0 Å². The molecule has 1 aromatic carbocycles. The van der Waals surface area contributed by atoms with E-state index in [0.29, 0.717) is 32.5 Å². The first-order valence-corrected chi connectivity index (χ1v) is 11.6. The second kappa shape index (κ2) is 9.62. The first kappa shape index (κ1) is 22.1. The lowest BCUT2D eigenvalue weighted by atomic mass is 9.94. The van der Waals surface area contributed by atoms with Gasteiger partial charge in [0.25, 0.3) is 11.8 Å². The molecule has 0 aliphatic carbocycles. The fourth-order valence-electron chi connectivity index (χ4n) is 4.67. The molecule has 4 heterocycles. The van der Waals surface area contributed by atoms with Gasteiger partial charge < -0.3 is 19.5 Å². The first-order valence-electron chi connectivity index (χ1n) is 11.6. The summed E-state index contributed by atoms with van der Waals surface area (Å²) in [5.74, 6) is 0.934. The van der Waals surface area contributed by atoms with Gasteiger partial charge in [-0.1, -0.05) is 12.1 Å². The van der Waals surface area contributed by atoms with E-state index in [9.17, 15) is 14.0 Å². The topological polar surface area (TPSA) is 91.6 Å². The van der Waals surface area contributed by atoms with E-state index in [4.69, 9.17) is 4.42 Å². The maximum Gasteiger partial charge on any atom is 0.287 e. The van der Waals surface area contributed by atoms with Gasteiger partial charge in [0.1, 0.15) is 11.6 Å². The summed E-state index contributed by atoms with van der Waals surface area (Å²) in [7, 11) is 0. The number of furan rings is 1. The first-order chi connectivity index (χ1) is 16.6. The minimum Gasteiger partial charge on any atom is -0.456 e. The number of nitrogens with zero attached hydrogens (tertiary/aromatic N) is 4. The van der Waals surface area contributed by atoms with Crippen LogP contribution in [0.5, 0.6) is 0 Å². The molecule has 2 aromatic heterocycles. The highest BCUT2D eigenvalue weighted by molar-refractivity contribution is 5.94. The van der Waals surface area contributed by atoms with Crippen LogP contribution in [-0.4, -0.2) is 59.1 Å². The predicted molar refractivity (Wildman–Crippen MR) is 123 cm³/mol. The maximum absolute atomic E-state index is 14.0. The fourth-order valence-corrected chi connectivity index (χ4v) is 4.67. The van der Waals surface area contributed by atoms with Crippen molar-refractivity contribution >= 4 is 17.6 Å². The van der Waals surface area contributed by atoms with Crippen LogP contribution in [-0.2, 0) is 0 Å². The molecule has 0 bridgehead atoms. The average Bonchev–Trinajstić information content (AvgIpc) is 3.55. The second-order valence-electron chi connectivity index (χ2n) is 8.74. The van der Waals surface area contributed by atoms with Gasteiger partial charge in [0, 0.05) is 44.3 Å². The SMILES string of the molecule is O=C(NC1CCN(c2cccnn2)C1)c1ccc(C2CCN(C(=O)c3ccccc3F)CC2)o1. The molecule has 5 rings (SSSR count). The Morgan fingerprint density at radius 1 is 1.00 bits per heavy atom. The highest BCUT2D eigenvalue weighted by Gasteiger charge is 2.29. The number of likely N-dealkylation sites (tertiary alicyclic amines) is 1. The molecule has 0 spiro atoms. The third-order valence-corrected chi connectivity index (χ3v) is 6.55. The average molecular weight is 464 g/mol. The molecule has 8 nitrogen and oxygen atoms in total. The van der Waals surface area contributed by atoms with E-state index in [-0.39, 0.29) is 35.1 Å². The van der Waals surface area contributed by atoms with Gasteiger partial charge in [0.15, 0.2) is 11.6 Å². The smallest absolute Gasteiger partial charge is 0.287 e. The lowest BCUT2D eigenvalue weighted by Crippen LogP contribution is -2.38. The van der Waals surface area contributed by atoms with Gasteiger partial charge in [-0.05, 0) is 55.7 Å². The third kappa shape index (κ3) is 4.64. The molecule has 2 amide bonds. The van der Waals surface area contributed by atoms with Crippen LogP contribution in [0.4, 0.5) is 10.2 Å². The van der Waals surface area contributed by atoms with Gasteiger partial charge in [-0.3, -0.25) is 9.59 Å². The van der Waals surface area contributed by atoms with Gasteiger partial charge >= 0.3 is 0 Å². The monoisotopic (exact) mass is 463 g/mol. The highest BCUT2D eigenvalue weighted by atomic mass is 19.1. The minimum absolute atomic E-state index is 0.00990. The van der Waals surface area contributed by atoms with Crippen molar-refractivity contribution in [1.82, 2.24) is 20.4 Å². The number of nitrogens with one attached hydrogen (secondary N) is 1. The van der Waals surface area contributed by atoms with Crippen molar-refractivity contribution in [2.24, 2.45) is 0 Å². The van der Waals surface area contributed by atoms with Gasteiger partial charge in [0.2, 0.25) is 0 Å².